The summed E-state index contributed by atoms with van der Waals surface area (Å²) in [5.74, 6) is -0.121. The minimum Gasteiger partial charge on any atom is -0.398 e. The fraction of sp³-hybridized carbons (Fsp3) is 0.100. The Morgan fingerprint density at radius 1 is 1.67 bits per heavy atom. The second-order valence-corrected chi connectivity index (χ2v) is 2.61. The lowest BCUT2D eigenvalue weighted by Crippen LogP contribution is -2.03. The Balaban J connectivity index is 3.11. The number of Topliss-reactive ketones (excluding diaryl/α,β-unsaturated/α-hetero) is 1. The number of anilines is 1. The highest BCUT2D eigenvalue weighted by molar-refractivity contribution is 6.10. The van der Waals surface area contributed by atoms with Gasteiger partial charge in [0.2, 0.25) is 0 Å². The van der Waals surface area contributed by atoms with Gasteiger partial charge in [0.1, 0.15) is 0 Å². The number of rotatable bonds is 2. The van der Waals surface area contributed by atoms with E-state index in [1.54, 1.807) is 25.1 Å². The highest BCUT2D eigenvalue weighted by Crippen LogP contribution is 2.13. The molecule has 0 aliphatic heterocycles. The summed E-state index contributed by atoms with van der Waals surface area (Å²) in [6.45, 7) is 5.22. The number of allylic oxidation sites excluding steroid dienone is 1. The Kier molecular flexibility index (Phi) is 2.29. The molecule has 0 aliphatic carbocycles. The molecule has 12 heavy (non-hydrogen) atoms. The third-order valence-electron chi connectivity index (χ3n) is 1.52. The monoisotopic (exact) mass is 160 g/mol. The largest absolute Gasteiger partial charge is 0.398 e. The second kappa shape index (κ2) is 3.22. The minimum absolute atomic E-state index is 0.121. The van der Waals surface area contributed by atoms with Gasteiger partial charge in [-0.2, -0.15) is 0 Å². The fourth-order valence-electron chi connectivity index (χ4n) is 0.878. The van der Waals surface area contributed by atoms with E-state index in [1.807, 2.05) is 0 Å². The molecule has 1 aromatic rings. The Hall–Kier alpha value is -1.57. The number of carbonyl (C=O) groups is 1. The third kappa shape index (κ3) is 1.53. The van der Waals surface area contributed by atoms with Crippen molar-refractivity contribution in [3.8, 4) is 0 Å². The fourth-order valence-corrected chi connectivity index (χ4v) is 0.878. The van der Waals surface area contributed by atoms with Crippen molar-refractivity contribution in [2.75, 3.05) is 5.73 Å². The van der Waals surface area contributed by atoms with Crippen LogP contribution in [0.3, 0.4) is 0 Å². The second-order valence-electron chi connectivity index (χ2n) is 2.61. The number of nitrogens with two attached hydrogens (primary N) is 1. The number of hydrogen-bond acceptors (Lipinski definition) is 2. The van der Waals surface area contributed by atoms with E-state index in [-0.39, 0.29) is 5.78 Å². The Morgan fingerprint density at radius 3 is 2.83 bits per heavy atom. The van der Waals surface area contributed by atoms with Crippen molar-refractivity contribution in [2.45, 2.75) is 6.92 Å². The SMILES string of the molecule is C=C(C)C(=O)c1ccc[c]c1N. The van der Waals surface area contributed by atoms with Gasteiger partial charge in [0, 0.05) is 11.6 Å². The average Bonchev–Trinajstić information content (AvgIpc) is 2.04. The van der Waals surface area contributed by atoms with Crippen molar-refractivity contribution in [3.05, 3.63) is 42.0 Å². The summed E-state index contributed by atoms with van der Waals surface area (Å²) in [6.07, 6.45) is 0. The molecule has 2 nitrogen and oxygen atoms in total. The van der Waals surface area contributed by atoms with Gasteiger partial charge in [-0.1, -0.05) is 18.7 Å². The van der Waals surface area contributed by atoms with Gasteiger partial charge in [-0.05, 0) is 18.6 Å². The summed E-state index contributed by atoms with van der Waals surface area (Å²) in [4.78, 5) is 11.4. The number of benzene rings is 1. The first-order valence-corrected chi connectivity index (χ1v) is 3.59. The van der Waals surface area contributed by atoms with Crippen LogP contribution in [0, 0.1) is 6.07 Å². The van der Waals surface area contributed by atoms with Crippen LogP contribution in [0.2, 0.25) is 0 Å². The van der Waals surface area contributed by atoms with Crippen LogP contribution in [-0.4, -0.2) is 5.78 Å². The molecule has 0 heterocycles. The van der Waals surface area contributed by atoms with Gasteiger partial charge in [0.05, 0.1) is 5.69 Å². The van der Waals surface area contributed by atoms with E-state index in [9.17, 15) is 4.79 Å². The zero-order valence-corrected chi connectivity index (χ0v) is 6.92. The maximum atomic E-state index is 11.4. The van der Waals surface area contributed by atoms with Crippen LogP contribution < -0.4 is 5.73 Å². The van der Waals surface area contributed by atoms with E-state index in [0.29, 0.717) is 16.8 Å². The van der Waals surface area contributed by atoms with Gasteiger partial charge in [0.15, 0.2) is 5.78 Å². The topological polar surface area (TPSA) is 43.1 Å². The predicted octanol–water partition coefficient (Wildman–Crippen LogP) is 1.83. The van der Waals surface area contributed by atoms with E-state index in [2.05, 4.69) is 12.6 Å². The van der Waals surface area contributed by atoms with Crippen molar-refractivity contribution in [3.63, 3.8) is 0 Å². The summed E-state index contributed by atoms with van der Waals surface area (Å²) in [5.41, 5.74) is 6.89. The van der Waals surface area contributed by atoms with E-state index < -0.39 is 0 Å². The van der Waals surface area contributed by atoms with Crippen molar-refractivity contribution >= 4 is 11.5 Å². The molecule has 1 radical (unpaired) electrons. The molecule has 0 spiro atoms. The Labute approximate surface area is 71.7 Å². The molecule has 0 amide bonds. The highest BCUT2D eigenvalue weighted by atomic mass is 16.1. The molecular weight excluding hydrogens is 150 g/mol. The molecule has 2 heteroatoms. The first kappa shape index (κ1) is 8.53. The summed E-state index contributed by atoms with van der Waals surface area (Å²) in [5, 5.41) is 0. The highest BCUT2D eigenvalue weighted by Gasteiger charge is 2.08. The van der Waals surface area contributed by atoms with Crippen LogP contribution in [-0.2, 0) is 0 Å². The quantitative estimate of drug-likeness (QED) is 0.407. The molecule has 1 rings (SSSR count). The van der Waals surface area contributed by atoms with Gasteiger partial charge in [0.25, 0.3) is 0 Å². The molecule has 1 aromatic carbocycles. The third-order valence-corrected chi connectivity index (χ3v) is 1.52. The Morgan fingerprint density at radius 2 is 2.33 bits per heavy atom. The molecule has 0 saturated carbocycles. The number of para-hydroxylation sites is 1. The lowest BCUT2D eigenvalue weighted by Gasteiger charge is -2.01. The maximum Gasteiger partial charge on any atom is 0.190 e. The lowest BCUT2D eigenvalue weighted by atomic mass is 10.0. The molecule has 0 atom stereocenters. The number of hydrogen-bond donors (Lipinski definition) is 1. The first-order valence-electron chi connectivity index (χ1n) is 3.59. The molecule has 0 aliphatic rings. The first-order chi connectivity index (χ1) is 5.63. The number of carbonyl (C=O) groups excluding carboxylic acids is 1. The van der Waals surface area contributed by atoms with Gasteiger partial charge in [-0.3, -0.25) is 4.79 Å². The molecule has 0 bridgehead atoms. The number of ketones is 1. The van der Waals surface area contributed by atoms with Crippen molar-refractivity contribution in [1.29, 1.82) is 0 Å². The summed E-state index contributed by atoms with van der Waals surface area (Å²) in [6, 6.07) is 7.82. The minimum atomic E-state index is -0.121. The van der Waals surface area contributed by atoms with E-state index in [1.165, 1.54) is 0 Å². The van der Waals surface area contributed by atoms with Crippen molar-refractivity contribution in [1.82, 2.24) is 0 Å². The van der Waals surface area contributed by atoms with Crippen molar-refractivity contribution in [2.24, 2.45) is 0 Å². The van der Waals surface area contributed by atoms with Gasteiger partial charge in [-0.15, -0.1) is 0 Å². The van der Waals surface area contributed by atoms with Gasteiger partial charge >= 0.3 is 0 Å². The van der Waals surface area contributed by atoms with E-state index in [4.69, 9.17) is 5.73 Å². The van der Waals surface area contributed by atoms with Crippen LogP contribution in [0.5, 0.6) is 0 Å². The molecular formula is C10H10NO. The summed E-state index contributed by atoms with van der Waals surface area (Å²) in [7, 11) is 0. The zero-order chi connectivity index (χ0) is 9.14. The molecule has 0 unspecified atom stereocenters. The van der Waals surface area contributed by atoms with E-state index in [0.717, 1.165) is 0 Å². The molecule has 0 fully saturated rings. The summed E-state index contributed by atoms with van der Waals surface area (Å²) >= 11 is 0. The lowest BCUT2D eigenvalue weighted by molar-refractivity contribution is 0.103. The average molecular weight is 160 g/mol. The molecule has 2 N–H and O–H groups in total. The number of nitrogen functional groups attached to an aromatic ring is 1. The molecule has 0 saturated heterocycles. The smallest absolute Gasteiger partial charge is 0.190 e. The summed E-state index contributed by atoms with van der Waals surface area (Å²) < 4.78 is 0. The molecule has 61 valence electrons. The van der Waals surface area contributed by atoms with Crippen LogP contribution in [0.15, 0.2) is 30.4 Å². The Bertz CT molecular complexity index is 328. The predicted molar refractivity (Wildman–Crippen MR) is 48.8 cm³/mol. The van der Waals surface area contributed by atoms with Crippen LogP contribution in [0.25, 0.3) is 0 Å². The van der Waals surface area contributed by atoms with Crippen molar-refractivity contribution < 1.29 is 4.79 Å². The maximum absolute atomic E-state index is 11.4. The van der Waals surface area contributed by atoms with E-state index >= 15 is 0 Å². The van der Waals surface area contributed by atoms with Gasteiger partial charge < -0.3 is 5.73 Å². The van der Waals surface area contributed by atoms with Crippen LogP contribution in [0.4, 0.5) is 5.69 Å². The normalized spacial score (nSPS) is 9.42. The van der Waals surface area contributed by atoms with Crippen LogP contribution >= 0.6 is 0 Å². The van der Waals surface area contributed by atoms with Gasteiger partial charge in [-0.25, -0.2) is 0 Å². The zero-order valence-electron chi connectivity index (χ0n) is 6.92. The van der Waals surface area contributed by atoms with Crippen LogP contribution in [0.1, 0.15) is 17.3 Å². The standard InChI is InChI=1S/C10H10NO/c1-7(2)10(12)8-5-3-4-6-9(8)11/h3-5H,1,11H2,2H3. The molecule has 0 aromatic heterocycles.